The van der Waals surface area contributed by atoms with E-state index in [1.165, 1.54) is 5.56 Å². The molecule has 0 aliphatic rings. The van der Waals surface area contributed by atoms with E-state index in [0.717, 1.165) is 18.1 Å². The summed E-state index contributed by atoms with van der Waals surface area (Å²) in [4.78, 5) is 2.44. The molecule has 0 spiro atoms. The summed E-state index contributed by atoms with van der Waals surface area (Å²) in [5.41, 5.74) is 7.43. The molecule has 18 heavy (non-hydrogen) atoms. The lowest BCUT2D eigenvalue weighted by Gasteiger charge is -2.35. The van der Waals surface area contributed by atoms with Crippen molar-refractivity contribution in [2.24, 2.45) is 11.7 Å². The minimum atomic E-state index is 0.102. The normalized spacial score (nSPS) is 15.1. The first-order chi connectivity index (χ1) is 8.45. The Morgan fingerprint density at radius 3 is 2.11 bits per heavy atom. The molecule has 2 unspecified atom stereocenters. The number of hydrogen-bond acceptors (Lipinski definition) is 2. The van der Waals surface area contributed by atoms with Crippen LogP contribution in [-0.2, 0) is 0 Å². The maximum absolute atomic E-state index is 6.18. The van der Waals surface area contributed by atoms with Gasteiger partial charge in [-0.1, -0.05) is 44.5 Å². The molecule has 0 aliphatic carbocycles. The summed E-state index contributed by atoms with van der Waals surface area (Å²) in [7, 11) is 0. The molecule has 0 fully saturated rings. The highest BCUT2D eigenvalue weighted by Gasteiger charge is 2.23. The molecule has 1 aromatic carbocycles. The highest BCUT2D eigenvalue weighted by Crippen LogP contribution is 2.25. The van der Waals surface area contributed by atoms with Crippen LogP contribution in [-0.4, -0.2) is 24.0 Å². The van der Waals surface area contributed by atoms with E-state index in [0.29, 0.717) is 5.92 Å². The second kappa shape index (κ2) is 7.13. The lowest BCUT2D eigenvalue weighted by atomic mass is 9.98. The summed E-state index contributed by atoms with van der Waals surface area (Å²) >= 11 is 5.95. The van der Waals surface area contributed by atoms with E-state index in [1.54, 1.807) is 0 Å². The lowest BCUT2D eigenvalue weighted by molar-refractivity contribution is 0.166. The van der Waals surface area contributed by atoms with Gasteiger partial charge in [-0.05, 0) is 37.1 Å². The van der Waals surface area contributed by atoms with E-state index in [4.69, 9.17) is 17.3 Å². The molecule has 0 saturated heterocycles. The average Bonchev–Trinajstić information content (AvgIpc) is 2.29. The molecule has 0 amide bonds. The van der Waals surface area contributed by atoms with Gasteiger partial charge < -0.3 is 5.73 Å². The first-order valence-corrected chi connectivity index (χ1v) is 7.08. The number of hydrogen-bond donors (Lipinski definition) is 1. The van der Waals surface area contributed by atoms with Gasteiger partial charge in [-0.2, -0.15) is 0 Å². The number of benzene rings is 1. The number of likely N-dealkylation sites (N-methyl/N-ethyl adjacent to an activating group) is 1. The van der Waals surface area contributed by atoms with Gasteiger partial charge in [0.15, 0.2) is 0 Å². The van der Waals surface area contributed by atoms with Crippen LogP contribution in [0.5, 0.6) is 0 Å². The maximum Gasteiger partial charge on any atom is 0.0496 e. The third-order valence-electron chi connectivity index (χ3n) is 3.11. The fourth-order valence-electron chi connectivity index (χ4n) is 2.42. The zero-order chi connectivity index (χ0) is 13.7. The quantitative estimate of drug-likeness (QED) is 0.852. The third kappa shape index (κ3) is 4.27. The van der Waals surface area contributed by atoms with Crippen LogP contribution in [0.15, 0.2) is 24.3 Å². The number of nitrogens with two attached hydrogens (primary N) is 1. The van der Waals surface area contributed by atoms with Crippen LogP contribution in [0.25, 0.3) is 0 Å². The van der Waals surface area contributed by atoms with Gasteiger partial charge in [0.2, 0.25) is 0 Å². The van der Waals surface area contributed by atoms with Gasteiger partial charge in [-0.25, -0.2) is 0 Å². The van der Waals surface area contributed by atoms with Crippen LogP contribution in [0.3, 0.4) is 0 Å². The summed E-state index contributed by atoms with van der Waals surface area (Å²) < 4.78 is 0. The molecule has 3 heteroatoms. The van der Waals surface area contributed by atoms with Crippen molar-refractivity contribution in [3.05, 3.63) is 34.9 Å². The van der Waals surface area contributed by atoms with Gasteiger partial charge in [-0.3, -0.25) is 4.90 Å². The van der Waals surface area contributed by atoms with Crippen LogP contribution < -0.4 is 5.73 Å². The maximum atomic E-state index is 6.18. The monoisotopic (exact) mass is 268 g/mol. The van der Waals surface area contributed by atoms with E-state index in [1.807, 2.05) is 12.1 Å². The predicted octanol–water partition coefficient (Wildman–Crippen LogP) is 3.71. The standard InChI is InChI=1S/C15H25ClN2/c1-5-18(10-11(2)3)15(12(4)17)13-6-8-14(16)9-7-13/h6-9,11-12,15H,5,10,17H2,1-4H3. The van der Waals surface area contributed by atoms with Crippen molar-refractivity contribution in [1.29, 1.82) is 0 Å². The first-order valence-electron chi connectivity index (χ1n) is 6.70. The Balaban J connectivity index is 2.96. The number of halogens is 1. The van der Waals surface area contributed by atoms with E-state index in [2.05, 4.69) is 44.7 Å². The molecule has 0 saturated carbocycles. The summed E-state index contributed by atoms with van der Waals surface area (Å²) in [5.74, 6) is 0.638. The smallest absolute Gasteiger partial charge is 0.0496 e. The minimum Gasteiger partial charge on any atom is -0.326 e. The number of rotatable bonds is 6. The van der Waals surface area contributed by atoms with Gasteiger partial charge >= 0.3 is 0 Å². The summed E-state index contributed by atoms with van der Waals surface area (Å²) in [6.45, 7) is 10.8. The second-order valence-electron chi connectivity index (χ2n) is 5.34. The SMILES string of the molecule is CCN(CC(C)C)C(c1ccc(Cl)cc1)C(C)N. The Hall–Kier alpha value is -0.570. The van der Waals surface area contributed by atoms with Crippen molar-refractivity contribution in [1.82, 2.24) is 4.90 Å². The molecule has 1 rings (SSSR count). The van der Waals surface area contributed by atoms with Crippen LogP contribution in [0.2, 0.25) is 5.02 Å². The highest BCUT2D eigenvalue weighted by molar-refractivity contribution is 6.30. The van der Waals surface area contributed by atoms with Gasteiger partial charge in [0.1, 0.15) is 0 Å². The van der Waals surface area contributed by atoms with Crippen molar-refractivity contribution in [3.8, 4) is 0 Å². The second-order valence-corrected chi connectivity index (χ2v) is 5.77. The van der Waals surface area contributed by atoms with E-state index in [-0.39, 0.29) is 12.1 Å². The van der Waals surface area contributed by atoms with Gasteiger partial charge in [0.25, 0.3) is 0 Å². The van der Waals surface area contributed by atoms with Crippen molar-refractivity contribution in [2.45, 2.75) is 39.8 Å². The Labute approximate surface area is 116 Å². The molecule has 0 aliphatic heterocycles. The van der Waals surface area contributed by atoms with E-state index >= 15 is 0 Å². The molecule has 0 bridgehead atoms. The zero-order valence-electron chi connectivity index (χ0n) is 11.9. The van der Waals surface area contributed by atoms with Gasteiger partial charge in [-0.15, -0.1) is 0 Å². The van der Waals surface area contributed by atoms with Gasteiger partial charge in [0.05, 0.1) is 0 Å². The molecule has 1 aromatic rings. The fourth-order valence-corrected chi connectivity index (χ4v) is 2.54. The molecule has 2 atom stereocenters. The summed E-state index contributed by atoms with van der Waals surface area (Å²) in [5, 5.41) is 0.772. The summed E-state index contributed by atoms with van der Waals surface area (Å²) in [6, 6.07) is 8.41. The van der Waals surface area contributed by atoms with Gasteiger partial charge in [0, 0.05) is 23.7 Å². The van der Waals surface area contributed by atoms with Crippen molar-refractivity contribution >= 4 is 11.6 Å². The van der Waals surface area contributed by atoms with Crippen LogP contribution in [0.1, 0.15) is 39.3 Å². The molecule has 102 valence electrons. The Kier molecular flexibility index (Phi) is 6.13. The van der Waals surface area contributed by atoms with Crippen molar-refractivity contribution < 1.29 is 0 Å². The molecule has 2 nitrogen and oxygen atoms in total. The molecular formula is C15H25ClN2. The van der Waals surface area contributed by atoms with Crippen LogP contribution >= 0.6 is 11.6 Å². The van der Waals surface area contributed by atoms with Crippen molar-refractivity contribution in [3.63, 3.8) is 0 Å². The third-order valence-corrected chi connectivity index (χ3v) is 3.36. The molecular weight excluding hydrogens is 244 g/mol. The molecule has 0 heterocycles. The first kappa shape index (κ1) is 15.5. The van der Waals surface area contributed by atoms with Crippen molar-refractivity contribution in [2.75, 3.05) is 13.1 Å². The highest BCUT2D eigenvalue weighted by atomic mass is 35.5. The Bertz CT molecular complexity index is 346. The topological polar surface area (TPSA) is 29.3 Å². The van der Waals surface area contributed by atoms with Crippen LogP contribution in [0, 0.1) is 5.92 Å². The summed E-state index contributed by atoms with van der Waals surface area (Å²) in [6.07, 6.45) is 0. The molecule has 0 radical (unpaired) electrons. The van der Waals surface area contributed by atoms with E-state index in [9.17, 15) is 0 Å². The minimum absolute atomic E-state index is 0.102. The van der Waals surface area contributed by atoms with Crippen LogP contribution in [0.4, 0.5) is 0 Å². The molecule has 2 N–H and O–H groups in total. The fraction of sp³-hybridized carbons (Fsp3) is 0.600. The zero-order valence-corrected chi connectivity index (χ0v) is 12.6. The van der Waals surface area contributed by atoms with E-state index < -0.39 is 0 Å². The number of nitrogens with zero attached hydrogens (tertiary/aromatic N) is 1. The largest absolute Gasteiger partial charge is 0.326 e. The Morgan fingerprint density at radius 1 is 1.17 bits per heavy atom. The Morgan fingerprint density at radius 2 is 1.72 bits per heavy atom. The molecule has 0 aromatic heterocycles. The average molecular weight is 269 g/mol. The lowest BCUT2D eigenvalue weighted by Crippen LogP contribution is -2.41. The predicted molar refractivity (Wildman–Crippen MR) is 79.9 cm³/mol.